The Morgan fingerprint density at radius 1 is 1.48 bits per heavy atom. The van der Waals surface area contributed by atoms with Gasteiger partial charge in [-0.1, -0.05) is 11.6 Å². The second-order valence-corrected chi connectivity index (χ2v) is 6.47. The van der Waals surface area contributed by atoms with Crippen molar-refractivity contribution in [1.82, 2.24) is 15.1 Å². The summed E-state index contributed by atoms with van der Waals surface area (Å²) in [6, 6.07) is -0.127. The number of rotatable bonds is 3. The Bertz CT molecular complexity index is 558. The van der Waals surface area contributed by atoms with Crippen molar-refractivity contribution in [2.45, 2.75) is 51.3 Å². The zero-order valence-electron chi connectivity index (χ0n) is 12.1. The van der Waals surface area contributed by atoms with Gasteiger partial charge < -0.3 is 15.2 Å². The van der Waals surface area contributed by atoms with Crippen LogP contribution in [0.3, 0.4) is 0 Å². The monoisotopic (exact) mass is 315 g/mol. The second-order valence-electron chi connectivity index (χ2n) is 6.06. The molecule has 0 aliphatic heterocycles. The number of ether oxygens (including phenoxy) is 1. The van der Waals surface area contributed by atoms with E-state index in [9.17, 15) is 9.59 Å². The van der Waals surface area contributed by atoms with Crippen molar-refractivity contribution >= 4 is 23.7 Å². The van der Waals surface area contributed by atoms with E-state index in [1.165, 1.54) is 10.9 Å². The Kier molecular flexibility index (Phi) is 4.13. The van der Waals surface area contributed by atoms with Gasteiger partial charge in [-0.25, -0.2) is 9.59 Å². The van der Waals surface area contributed by atoms with Crippen molar-refractivity contribution in [3.63, 3.8) is 0 Å². The van der Waals surface area contributed by atoms with Gasteiger partial charge in [0.2, 0.25) is 0 Å². The smallest absolute Gasteiger partial charge is 0.407 e. The minimum absolute atomic E-state index is 0.0163. The molecule has 1 amide bonds. The molecule has 0 radical (unpaired) electrons. The van der Waals surface area contributed by atoms with Crippen LogP contribution >= 0.6 is 11.6 Å². The number of hydrogen-bond acceptors (Lipinski definition) is 4. The van der Waals surface area contributed by atoms with Crippen LogP contribution in [0, 0.1) is 0 Å². The average Bonchev–Trinajstić information content (AvgIpc) is 2.62. The molecule has 0 aromatic carbocycles. The molecule has 0 atom stereocenters. The Balaban J connectivity index is 1.90. The predicted molar refractivity (Wildman–Crippen MR) is 75.6 cm³/mol. The topological polar surface area (TPSA) is 93.5 Å². The first-order valence-corrected chi connectivity index (χ1v) is 7.01. The maximum atomic E-state index is 11.6. The predicted octanol–water partition coefficient (Wildman–Crippen LogP) is 2.46. The van der Waals surface area contributed by atoms with Crippen LogP contribution < -0.4 is 5.32 Å². The number of aromatic carboxylic acids is 1. The summed E-state index contributed by atoms with van der Waals surface area (Å²) in [7, 11) is 0. The van der Waals surface area contributed by atoms with Crippen LogP contribution in [0.5, 0.6) is 0 Å². The molecule has 2 rings (SSSR count). The molecule has 1 aromatic rings. The summed E-state index contributed by atoms with van der Waals surface area (Å²) in [5.41, 5.74) is -0.559. The number of aromatic nitrogens is 2. The van der Waals surface area contributed by atoms with Crippen molar-refractivity contribution in [2.24, 2.45) is 0 Å². The van der Waals surface area contributed by atoms with Crippen LogP contribution in [-0.2, 0) is 4.74 Å². The molecule has 1 aliphatic carbocycles. The van der Waals surface area contributed by atoms with E-state index in [0.717, 1.165) is 0 Å². The number of alkyl carbamates (subject to hydrolysis) is 1. The molecule has 1 aromatic heterocycles. The van der Waals surface area contributed by atoms with Gasteiger partial charge in [0, 0.05) is 6.04 Å². The number of carbonyl (C=O) groups excluding carboxylic acids is 1. The lowest BCUT2D eigenvalue weighted by Gasteiger charge is -2.36. The lowest BCUT2D eigenvalue weighted by molar-refractivity contribution is 0.0445. The molecule has 1 saturated carbocycles. The minimum Gasteiger partial charge on any atom is -0.476 e. The summed E-state index contributed by atoms with van der Waals surface area (Å²) in [5.74, 6) is -1.11. The van der Waals surface area contributed by atoms with Crippen LogP contribution in [0.2, 0.25) is 5.02 Å². The fourth-order valence-corrected chi connectivity index (χ4v) is 2.41. The summed E-state index contributed by atoms with van der Waals surface area (Å²) >= 11 is 5.80. The Labute approximate surface area is 127 Å². The van der Waals surface area contributed by atoms with Gasteiger partial charge >= 0.3 is 12.1 Å². The van der Waals surface area contributed by atoms with E-state index in [1.807, 2.05) is 0 Å². The summed E-state index contributed by atoms with van der Waals surface area (Å²) in [6.07, 6.45) is 2.04. The van der Waals surface area contributed by atoms with Gasteiger partial charge in [0.1, 0.15) is 5.60 Å². The molecule has 0 spiro atoms. The second kappa shape index (κ2) is 5.55. The average molecular weight is 316 g/mol. The molecule has 0 saturated heterocycles. The first kappa shape index (κ1) is 15.6. The molecule has 0 unspecified atom stereocenters. The maximum absolute atomic E-state index is 11.6. The summed E-state index contributed by atoms with van der Waals surface area (Å²) < 4.78 is 6.56. The van der Waals surface area contributed by atoms with Crippen molar-refractivity contribution in [2.75, 3.05) is 0 Å². The van der Waals surface area contributed by atoms with E-state index in [4.69, 9.17) is 21.4 Å². The molecule has 2 N–H and O–H groups in total. The number of nitrogens with one attached hydrogen (secondary N) is 1. The van der Waals surface area contributed by atoms with Gasteiger partial charge in [0.25, 0.3) is 0 Å². The molecule has 21 heavy (non-hydrogen) atoms. The number of hydrogen-bond donors (Lipinski definition) is 2. The van der Waals surface area contributed by atoms with Crippen molar-refractivity contribution in [1.29, 1.82) is 0 Å². The molecule has 0 bridgehead atoms. The van der Waals surface area contributed by atoms with Crippen molar-refractivity contribution in [3.05, 3.63) is 16.9 Å². The molecular weight excluding hydrogens is 298 g/mol. The van der Waals surface area contributed by atoms with Crippen LogP contribution in [0.25, 0.3) is 0 Å². The number of carboxylic acids is 1. The first-order valence-electron chi connectivity index (χ1n) is 6.63. The number of nitrogens with zero attached hydrogens (tertiary/aromatic N) is 2. The van der Waals surface area contributed by atoms with Crippen molar-refractivity contribution in [3.8, 4) is 0 Å². The number of amides is 1. The highest BCUT2D eigenvalue weighted by molar-refractivity contribution is 6.33. The molecule has 7 nitrogen and oxygen atoms in total. The van der Waals surface area contributed by atoms with Gasteiger partial charge in [-0.2, -0.15) is 5.10 Å². The van der Waals surface area contributed by atoms with E-state index >= 15 is 0 Å². The minimum atomic E-state index is -1.11. The molecule has 1 fully saturated rings. The van der Waals surface area contributed by atoms with E-state index in [-0.39, 0.29) is 22.8 Å². The zero-order valence-corrected chi connectivity index (χ0v) is 12.8. The quantitative estimate of drug-likeness (QED) is 0.893. The highest BCUT2D eigenvalue weighted by Crippen LogP contribution is 2.34. The lowest BCUT2D eigenvalue weighted by atomic mass is 9.87. The van der Waals surface area contributed by atoms with E-state index in [0.29, 0.717) is 12.8 Å². The standard InChI is InChI=1S/C13H18ClN3O4/c1-13(2,3)21-12(20)16-7-4-8(5-7)17-10(11(18)19)9(14)6-15-17/h6-8H,4-5H2,1-3H3,(H,16,20)(H,18,19)/t7-,8-. The summed E-state index contributed by atoms with van der Waals surface area (Å²) in [6.45, 7) is 5.38. The van der Waals surface area contributed by atoms with E-state index in [1.54, 1.807) is 20.8 Å². The Hall–Kier alpha value is -1.76. The third-order valence-electron chi connectivity index (χ3n) is 3.13. The number of carbonyl (C=O) groups is 2. The van der Waals surface area contributed by atoms with Gasteiger partial charge in [-0.05, 0) is 33.6 Å². The number of carboxylic acid groups (broad SMARTS) is 1. The third-order valence-corrected chi connectivity index (χ3v) is 3.41. The van der Waals surface area contributed by atoms with Gasteiger partial charge in [0.15, 0.2) is 5.69 Å². The molecule has 1 heterocycles. The van der Waals surface area contributed by atoms with Crippen LogP contribution in [-0.4, -0.2) is 38.6 Å². The lowest BCUT2D eigenvalue weighted by Crippen LogP contribution is -2.47. The van der Waals surface area contributed by atoms with Crippen LogP contribution in [0.1, 0.15) is 50.1 Å². The molecular formula is C13H18ClN3O4. The van der Waals surface area contributed by atoms with E-state index < -0.39 is 17.7 Å². The summed E-state index contributed by atoms with van der Waals surface area (Å²) in [4.78, 5) is 22.7. The Morgan fingerprint density at radius 3 is 2.62 bits per heavy atom. The third kappa shape index (κ3) is 3.66. The van der Waals surface area contributed by atoms with Crippen molar-refractivity contribution < 1.29 is 19.4 Å². The van der Waals surface area contributed by atoms with Gasteiger partial charge in [0.05, 0.1) is 17.3 Å². The van der Waals surface area contributed by atoms with Crippen LogP contribution in [0.15, 0.2) is 6.20 Å². The van der Waals surface area contributed by atoms with Gasteiger partial charge in [-0.15, -0.1) is 0 Å². The molecule has 1 aliphatic rings. The van der Waals surface area contributed by atoms with Gasteiger partial charge in [-0.3, -0.25) is 4.68 Å². The Morgan fingerprint density at radius 2 is 2.10 bits per heavy atom. The zero-order chi connectivity index (χ0) is 15.8. The maximum Gasteiger partial charge on any atom is 0.407 e. The first-order chi connectivity index (χ1) is 9.67. The highest BCUT2D eigenvalue weighted by Gasteiger charge is 2.35. The molecule has 8 heteroatoms. The SMILES string of the molecule is CC(C)(C)OC(=O)N[C@H]1C[C@H](n2ncc(Cl)c2C(=O)O)C1. The van der Waals surface area contributed by atoms with E-state index in [2.05, 4.69) is 10.4 Å². The largest absolute Gasteiger partial charge is 0.476 e. The summed E-state index contributed by atoms with van der Waals surface area (Å²) in [5, 5.41) is 16.0. The highest BCUT2D eigenvalue weighted by atomic mass is 35.5. The normalized spacial score (nSPS) is 21.5. The molecule has 116 valence electrons. The van der Waals surface area contributed by atoms with Crippen LogP contribution in [0.4, 0.5) is 4.79 Å². The number of halogens is 1. The fraction of sp³-hybridized carbons (Fsp3) is 0.615. The fourth-order valence-electron chi connectivity index (χ4n) is 2.20.